The van der Waals surface area contributed by atoms with E-state index in [9.17, 15) is 31.1 Å². The number of carbonyl (C=O) groups is 1. The van der Waals surface area contributed by atoms with Gasteiger partial charge < -0.3 is 4.74 Å². The van der Waals surface area contributed by atoms with Crippen molar-refractivity contribution in [1.29, 1.82) is 0 Å². The molecular formula is C11H8F6O2. The molecule has 6 unspecified atom stereocenters. The van der Waals surface area contributed by atoms with E-state index in [1.807, 2.05) is 0 Å². The van der Waals surface area contributed by atoms with Gasteiger partial charge in [-0.3, -0.25) is 4.79 Å². The van der Waals surface area contributed by atoms with Gasteiger partial charge in [0, 0.05) is 17.8 Å². The molecule has 4 aliphatic rings. The van der Waals surface area contributed by atoms with Crippen LogP contribution >= 0.6 is 0 Å². The van der Waals surface area contributed by atoms with Gasteiger partial charge in [-0.05, 0) is 6.42 Å². The highest BCUT2D eigenvalue weighted by molar-refractivity contribution is 5.73. The molecule has 6 atom stereocenters. The summed E-state index contributed by atoms with van der Waals surface area (Å²) in [6.07, 6.45) is -1.94. The molecular weight excluding hydrogens is 278 g/mol. The molecule has 4 fully saturated rings. The molecule has 1 aliphatic heterocycles. The molecule has 0 N–H and O–H groups in total. The topological polar surface area (TPSA) is 26.3 Å². The maximum atomic E-state index is 14.4. The van der Waals surface area contributed by atoms with Gasteiger partial charge in [-0.25, -0.2) is 8.78 Å². The third kappa shape index (κ3) is 0.765. The molecule has 0 aromatic rings. The molecule has 8 heteroatoms. The van der Waals surface area contributed by atoms with Crippen LogP contribution in [-0.2, 0) is 9.53 Å². The Morgan fingerprint density at radius 1 is 0.947 bits per heavy atom. The van der Waals surface area contributed by atoms with E-state index in [0.717, 1.165) is 0 Å². The zero-order valence-electron chi connectivity index (χ0n) is 9.31. The Balaban J connectivity index is 1.87. The summed E-state index contributed by atoms with van der Waals surface area (Å²) >= 11 is 0. The molecule has 0 aromatic carbocycles. The maximum absolute atomic E-state index is 14.4. The zero-order chi connectivity index (χ0) is 14.0. The van der Waals surface area contributed by atoms with E-state index in [2.05, 4.69) is 0 Å². The summed E-state index contributed by atoms with van der Waals surface area (Å²) in [7, 11) is 0. The Hall–Kier alpha value is -0.950. The normalized spacial score (nSPS) is 59.4. The number of esters is 1. The van der Waals surface area contributed by atoms with Crippen molar-refractivity contribution in [3.8, 4) is 0 Å². The molecule has 106 valence electrons. The van der Waals surface area contributed by atoms with Crippen LogP contribution in [0.25, 0.3) is 0 Å². The Kier molecular flexibility index (Phi) is 1.62. The Morgan fingerprint density at radius 3 is 2.05 bits per heavy atom. The van der Waals surface area contributed by atoms with Gasteiger partial charge in [0.1, 0.15) is 6.10 Å². The second-order valence-electron chi connectivity index (χ2n) is 5.84. The van der Waals surface area contributed by atoms with E-state index < -0.39 is 59.4 Å². The van der Waals surface area contributed by atoms with Gasteiger partial charge in [0.05, 0.1) is 6.42 Å². The van der Waals surface area contributed by atoms with Crippen LogP contribution in [0.3, 0.4) is 0 Å². The minimum Gasteiger partial charge on any atom is -0.462 e. The summed E-state index contributed by atoms with van der Waals surface area (Å²) in [6, 6.07) is 0. The fraction of sp³-hybridized carbons (Fsp3) is 0.909. The number of carbonyl (C=O) groups excluding carboxylic acids is 1. The quantitative estimate of drug-likeness (QED) is 0.504. The lowest BCUT2D eigenvalue weighted by atomic mass is 9.52. The summed E-state index contributed by atoms with van der Waals surface area (Å²) in [4.78, 5) is 11.1. The van der Waals surface area contributed by atoms with Crippen LogP contribution in [-0.4, -0.2) is 35.3 Å². The van der Waals surface area contributed by atoms with Gasteiger partial charge in [-0.1, -0.05) is 0 Å². The van der Waals surface area contributed by atoms with Gasteiger partial charge in [0.15, 0.2) is 0 Å². The number of halogens is 6. The first-order valence-corrected chi connectivity index (χ1v) is 5.93. The van der Waals surface area contributed by atoms with Crippen LogP contribution in [0.1, 0.15) is 12.8 Å². The van der Waals surface area contributed by atoms with E-state index >= 15 is 0 Å². The fourth-order valence-electron chi connectivity index (χ4n) is 4.63. The van der Waals surface area contributed by atoms with Crippen molar-refractivity contribution in [1.82, 2.24) is 0 Å². The third-order valence-electron chi connectivity index (χ3n) is 5.37. The molecule has 4 rings (SSSR count). The first-order valence-electron chi connectivity index (χ1n) is 5.93. The highest BCUT2D eigenvalue weighted by atomic mass is 19.3. The molecule has 3 aliphatic carbocycles. The standard InChI is InChI=1S/C11H8F6O2/c12-8-4-2-5(7-3(4)1-6(18)19-7)9(8,13)11(16,17)10(8,14)15/h3-5,7H,1-2H2. The van der Waals surface area contributed by atoms with Crippen LogP contribution in [0.5, 0.6) is 0 Å². The van der Waals surface area contributed by atoms with Crippen molar-refractivity contribution in [3.05, 3.63) is 0 Å². The van der Waals surface area contributed by atoms with E-state index in [1.54, 1.807) is 0 Å². The highest BCUT2D eigenvalue weighted by Gasteiger charge is 3.05. The molecule has 1 saturated heterocycles. The zero-order valence-corrected chi connectivity index (χ0v) is 9.31. The average Bonchev–Trinajstić information content (AvgIpc) is 2.88. The Bertz CT molecular complexity index is 465. The molecule has 19 heavy (non-hydrogen) atoms. The lowest BCUT2D eigenvalue weighted by Gasteiger charge is -2.61. The van der Waals surface area contributed by atoms with Crippen molar-refractivity contribution in [3.63, 3.8) is 0 Å². The van der Waals surface area contributed by atoms with Crippen LogP contribution in [0.15, 0.2) is 0 Å². The van der Waals surface area contributed by atoms with Crippen LogP contribution in [0, 0.1) is 17.8 Å². The molecule has 3 saturated carbocycles. The largest absolute Gasteiger partial charge is 0.462 e. The number of hydrogen-bond acceptors (Lipinski definition) is 2. The summed E-state index contributed by atoms with van der Waals surface area (Å²) in [6.45, 7) is 0. The lowest BCUT2D eigenvalue weighted by molar-refractivity contribution is -0.455. The van der Waals surface area contributed by atoms with Crippen molar-refractivity contribution in [2.45, 2.75) is 42.1 Å². The summed E-state index contributed by atoms with van der Waals surface area (Å²) in [5.41, 5.74) is -7.82. The van der Waals surface area contributed by atoms with Crippen molar-refractivity contribution >= 4 is 5.97 Å². The van der Waals surface area contributed by atoms with E-state index in [1.165, 1.54) is 0 Å². The average molecular weight is 286 g/mol. The highest BCUT2D eigenvalue weighted by Crippen LogP contribution is 2.82. The molecule has 2 bridgehead atoms. The minimum absolute atomic E-state index is 0.310. The first kappa shape index (κ1) is 11.8. The van der Waals surface area contributed by atoms with Gasteiger partial charge >= 0.3 is 17.8 Å². The first-order chi connectivity index (χ1) is 8.60. The second-order valence-corrected chi connectivity index (χ2v) is 5.84. The summed E-state index contributed by atoms with van der Waals surface area (Å²) in [5, 5.41) is 0. The summed E-state index contributed by atoms with van der Waals surface area (Å²) in [5.74, 6) is -15.1. The molecule has 2 nitrogen and oxygen atoms in total. The van der Waals surface area contributed by atoms with Crippen LogP contribution in [0.4, 0.5) is 26.3 Å². The molecule has 1 heterocycles. The van der Waals surface area contributed by atoms with Crippen molar-refractivity contribution in [2.75, 3.05) is 0 Å². The fourth-order valence-corrected chi connectivity index (χ4v) is 4.63. The smallest absolute Gasteiger partial charge is 0.350 e. The van der Waals surface area contributed by atoms with E-state index in [-0.39, 0.29) is 6.42 Å². The molecule has 0 radical (unpaired) electrons. The number of ether oxygens (including phenoxy) is 1. The minimum atomic E-state index is -5.06. The number of alkyl halides is 6. The van der Waals surface area contributed by atoms with Gasteiger partial charge in [-0.2, -0.15) is 17.6 Å². The van der Waals surface area contributed by atoms with Crippen molar-refractivity contribution < 1.29 is 35.9 Å². The maximum Gasteiger partial charge on any atom is 0.350 e. The second kappa shape index (κ2) is 2.61. The SMILES string of the molecule is O=C1CC2C(O1)C1CC2C2(F)C(F)(F)C(F)(F)C12F. The molecule has 0 amide bonds. The Labute approximate surface area is 103 Å². The number of hydrogen-bond donors (Lipinski definition) is 0. The predicted molar refractivity (Wildman–Crippen MR) is 47.2 cm³/mol. The summed E-state index contributed by atoms with van der Waals surface area (Å²) < 4.78 is 87.2. The van der Waals surface area contributed by atoms with Crippen LogP contribution < -0.4 is 0 Å². The van der Waals surface area contributed by atoms with Gasteiger partial charge in [-0.15, -0.1) is 0 Å². The Morgan fingerprint density at radius 2 is 1.47 bits per heavy atom. The predicted octanol–water partition coefficient (Wildman–Crippen LogP) is 2.27. The van der Waals surface area contributed by atoms with Crippen LogP contribution in [0.2, 0.25) is 0 Å². The molecule has 0 spiro atoms. The van der Waals surface area contributed by atoms with Gasteiger partial charge in [0.2, 0.25) is 11.3 Å². The van der Waals surface area contributed by atoms with Gasteiger partial charge in [0.25, 0.3) is 0 Å². The lowest BCUT2D eigenvalue weighted by Crippen LogP contribution is -2.89. The molecule has 0 aromatic heterocycles. The number of fused-ring (bicyclic) bond motifs is 8. The third-order valence-corrected chi connectivity index (χ3v) is 5.37. The van der Waals surface area contributed by atoms with E-state index in [4.69, 9.17) is 4.74 Å². The van der Waals surface area contributed by atoms with E-state index in [0.29, 0.717) is 0 Å². The number of rotatable bonds is 0. The monoisotopic (exact) mass is 286 g/mol. The van der Waals surface area contributed by atoms with Crippen molar-refractivity contribution in [2.24, 2.45) is 17.8 Å².